The average molecular weight is 1210 g/mol. The molecule has 2 heterocycles. The molecule has 14 nitrogen and oxygen atoms in total. The van der Waals surface area contributed by atoms with Crippen LogP contribution in [0.4, 0.5) is 0 Å². The van der Waals surface area contributed by atoms with E-state index < -0.39 is 80.7 Å². The van der Waals surface area contributed by atoms with Gasteiger partial charge in [0.05, 0.1) is 26.4 Å². The van der Waals surface area contributed by atoms with Crippen LogP contribution in [0.25, 0.3) is 0 Å². The highest BCUT2D eigenvalue weighted by atomic mass is 16.7. The zero-order valence-corrected chi connectivity index (χ0v) is 54.6. The van der Waals surface area contributed by atoms with E-state index in [1.807, 2.05) is 0 Å². The van der Waals surface area contributed by atoms with Crippen LogP contribution in [0, 0.1) is 0 Å². The Morgan fingerprint density at radius 2 is 0.729 bits per heavy atom. The second-order valence-corrected chi connectivity index (χ2v) is 25.4. The van der Waals surface area contributed by atoms with Gasteiger partial charge in [0.2, 0.25) is 0 Å². The van der Waals surface area contributed by atoms with Crippen LogP contribution in [0.1, 0.15) is 322 Å². The van der Waals surface area contributed by atoms with Gasteiger partial charge in [-0.25, -0.2) is 0 Å². The third kappa shape index (κ3) is 43.0. The van der Waals surface area contributed by atoms with Crippen LogP contribution in [-0.2, 0) is 33.2 Å². The molecule has 85 heavy (non-hydrogen) atoms. The Morgan fingerprint density at radius 3 is 1.13 bits per heavy atom. The standard InChI is InChI=1S/C71H134O14/c1-3-5-7-9-11-13-15-17-19-21-23-25-27-29-31-33-35-37-39-41-43-45-47-49-51-53-55-80-57-60(58-81-70-69(79)67(77)65(75)62(85-70)59-82-71-68(78)66(76)64(74)61(56-72)84-71)83-63(73)54-52-50-48-46-44-42-40-38-36-34-32-30-28-26-24-22-20-18-16-14-12-10-8-6-4-2/h15,17,21,23,60-62,64-72,74-79H,3-14,16,18-20,22,24-59H2,1-2H3/b17-15-,23-21-. The molecule has 0 spiro atoms. The highest BCUT2D eigenvalue weighted by Crippen LogP contribution is 2.27. The summed E-state index contributed by atoms with van der Waals surface area (Å²) in [6, 6.07) is 0. The number of hydrogen-bond acceptors (Lipinski definition) is 14. The molecule has 0 amide bonds. The first kappa shape index (κ1) is 79.6. The quantitative estimate of drug-likeness (QED) is 0.0171. The van der Waals surface area contributed by atoms with E-state index in [9.17, 15) is 40.5 Å². The van der Waals surface area contributed by atoms with Gasteiger partial charge in [0.1, 0.15) is 54.9 Å². The summed E-state index contributed by atoms with van der Waals surface area (Å²) in [7, 11) is 0. The Labute approximate surface area is 519 Å². The normalized spacial score (nSPS) is 23.2. The van der Waals surface area contributed by atoms with E-state index >= 15 is 0 Å². The minimum absolute atomic E-state index is 0.0671. The molecule has 2 aliphatic heterocycles. The molecule has 0 saturated carbocycles. The summed E-state index contributed by atoms with van der Waals surface area (Å²) >= 11 is 0. The number of carbonyl (C=O) groups excluding carboxylic acids is 1. The van der Waals surface area contributed by atoms with Gasteiger partial charge in [0.25, 0.3) is 0 Å². The molecule has 0 aromatic heterocycles. The summed E-state index contributed by atoms with van der Waals surface area (Å²) in [6.07, 6.45) is 54.0. The molecule has 7 N–H and O–H groups in total. The van der Waals surface area contributed by atoms with Gasteiger partial charge < -0.3 is 64.2 Å². The molecule has 2 aliphatic rings. The molecule has 2 rings (SSSR count). The maximum atomic E-state index is 13.2. The lowest BCUT2D eigenvalue weighted by Crippen LogP contribution is -2.61. The summed E-state index contributed by atoms with van der Waals surface area (Å²) in [5, 5.41) is 72.7. The van der Waals surface area contributed by atoms with E-state index in [1.165, 1.54) is 250 Å². The number of allylic oxidation sites excluding steroid dienone is 4. The van der Waals surface area contributed by atoms with Crippen molar-refractivity contribution in [3.05, 3.63) is 24.3 Å². The van der Waals surface area contributed by atoms with Crippen molar-refractivity contribution in [2.24, 2.45) is 0 Å². The molecule has 0 bridgehead atoms. The van der Waals surface area contributed by atoms with E-state index in [0.717, 1.165) is 44.9 Å². The molecule has 2 fully saturated rings. The molecule has 14 heteroatoms. The monoisotopic (exact) mass is 1210 g/mol. The number of carbonyl (C=O) groups is 1. The predicted octanol–water partition coefficient (Wildman–Crippen LogP) is 15.4. The molecule has 11 atom stereocenters. The molecule has 0 radical (unpaired) electrons. The highest BCUT2D eigenvalue weighted by Gasteiger charge is 2.47. The Morgan fingerprint density at radius 1 is 0.388 bits per heavy atom. The van der Waals surface area contributed by atoms with E-state index in [4.69, 9.17) is 28.4 Å². The lowest BCUT2D eigenvalue weighted by Gasteiger charge is -2.42. The van der Waals surface area contributed by atoms with E-state index in [2.05, 4.69) is 38.2 Å². The van der Waals surface area contributed by atoms with E-state index in [0.29, 0.717) is 13.0 Å². The Kier molecular flexibility index (Phi) is 53.9. The fourth-order valence-corrected chi connectivity index (χ4v) is 11.7. The number of ether oxygens (including phenoxy) is 6. The third-order valence-corrected chi connectivity index (χ3v) is 17.5. The SMILES string of the molecule is CCCCCCC/C=C\C/C=C\CCCCCCCCCCCCCCCCOCC(COC1OC(COC2OC(CO)C(O)C(O)C2O)C(O)C(O)C1O)OC(=O)CCCCCCCCCCCCCCCCCCCCCCCCCCC. The molecular formula is C71H134O14. The number of hydrogen-bond donors (Lipinski definition) is 7. The maximum Gasteiger partial charge on any atom is 0.306 e. The van der Waals surface area contributed by atoms with E-state index in [1.54, 1.807) is 0 Å². The largest absolute Gasteiger partial charge is 0.457 e. The molecule has 2 saturated heterocycles. The van der Waals surface area contributed by atoms with Crippen molar-refractivity contribution >= 4 is 5.97 Å². The van der Waals surface area contributed by atoms with Gasteiger partial charge in [-0.2, -0.15) is 0 Å². The Hall–Kier alpha value is -1.53. The summed E-state index contributed by atoms with van der Waals surface area (Å²) in [6.45, 7) is 3.76. The van der Waals surface area contributed by atoms with Gasteiger partial charge in [0.15, 0.2) is 12.6 Å². The highest BCUT2D eigenvalue weighted by molar-refractivity contribution is 5.69. The zero-order valence-electron chi connectivity index (χ0n) is 54.6. The van der Waals surface area contributed by atoms with Gasteiger partial charge in [-0.05, 0) is 44.9 Å². The minimum Gasteiger partial charge on any atom is -0.457 e. The summed E-state index contributed by atoms with van der Waals surface area (Å²) in [5.74, 6) is -0.367. The Balaban J connectivity index is 1.62. The maximum absolute atomic E-state index is 13.2. The second-order valence-electron chi connectivity index (χ2n) is 25.4. The van der Waals surface area contributed by atoms with Crippen LogP contribution in [-0.4, -0.2) is 142 Å². The smallest absolute Gasteiger partial charge is 0.306 e. The van der Waals surface area contributed by atoms with Crippen molar-refractivity contribution < 1.29 is 69.0 Å². The second kappa shape index (κ2) is 57.6. The fourth-order valence-electron chi connectivity index (χ4n) is 11.7. The van der Waals surface area contributed by atoms with Gasteiger partial charge >= 0.3 is 5.97 Å². The van der Waals surface area contributed by atoms with Crippen LogP contribution in [0.5, 0.6) is 0 Å². The van der Waals surface area contributed by atoms with Crippen molar-refractivity contribution in [1.29, 1.82) is 0 Å². The van der Waals surface area contributed by atoms with Crippen molar-refractivity contribution in [1.82, 2.24) is 0 Å². The summed E-state index contributed by atoms with van der Waals surface area (Å²) < 4.78 is 34.6. The first-order valence-electron chi connectivity index (χ1n) is 35.9. The van der Waals surface area contributed by atoms with E-state index in [-0.39, 0.29) is 25.6 Å². The van der Waals surface area contributed by atoms with Crippen molar-refractivity contribution in [3.8, 4) is 0 Å². The number of esters is 1. The number of aliphatic hydroxyl groups is 7. The summed E-state index contributed by atoms with van der Waals surface area (Å²) in [5.41, 5.74) is 0. The minimum atomic E-state index is -1.71. The average Bonchev–Trinajstić information content (AvgIpc) is 2.82. The topological polar surface area (TPSA) is 214 Å². The molecule has 11 unspecified atom stereocenters. The van der Waals surface area contributed by atoms with Crippen LogP contribution in [0.2, 0.25) is 0 Å². The molecule has 0 aliphatic carbocycles. The van der Waals surface area contributed by atoms with Crippen LogP contribution in [0.3, 0.4) is 0 Å². The number of aliphatic hydroxyl groups excluding tert-OH is 7. The van der Waals surface area contributed by atoms with Crippen molar-refractivity contribution in [2.75, 3.05) is 33.0 Å². The number of unbranched alkanes of at least 4 members (excludes halogenated alkanes) is 43. The first-order chi connectivity index (χ1) is 41.6. The lowest BCUT2D eigenvalue weighted by atomic mass is 9.98. The predicted molar refractivity (Wildman–Crippen MR) is 344 cm³/mol. The van der Waals surface area contributed by atoms with Gasteiger partial charge in [0, 0.05) is 13.0 Å². The number of rotatable bonds is 61. The van der Waals surface area contributed by atoms with Gasteiger partial charge in [-0.1, -0.05) is 295 Å². The fraction of sp³-hybridized carbons (Fsp3) is 0.930. The summed E-state index contributed by atoms with van der Waals surface area (Å²) in [4.78, 5) is 13.2. The molecule has 0 aromatic carbocycles. The van der Waals surface area contributed by atoms with Crippen molar-refractivity contribution in [3.63, 3.8) is 0 Å². The molecule has 502 valence electrons. The Bertz CT molecular complexity index is 1500. The molecular weight excluding hydrogens is 1080 g/mol. The molecule has 0 aromatic rings. The van der Waals surface area contributed by atoms with Crippen LogP contribution in [0.15, 0.2) is 24.3 Å². The van der Waals surface area contributed by atoms with Crippen LogP contribution >= 0.6 is 0 Å². The first-order valence-corrected chi connectivity index (χ1v) is 35.9. The third-order valence-electron chi connectivity index (χ3n) is 17.5. The van der Waals surface area contributed by atoms with Crippen molar-refractivity contribution in [2.45, 2.75) is 390 Å². The lowest BCUT2D eigenvalue weighted by molar-refractivity contribution is -0.332. The van der Waals surface area contributed by atoms with Crippen LogP contribution < -0.4 is 0 Å². The van der Waals surface area contributed by atoms with Gasteiger partial charge in [-0.15, -0.1) is 0 Å². The zero-order chi connectivity index (χ0) is 61.5. The van der Waals surface area contributed by atoms with Gasteiger partial charge in [-0.3, -0.25) is 4.79 Å².